The van der Waals surface area contributed by atoms with Gasteiger partial charge in [-0.25, -0.2) is 4.98 Å². The minimum absolute atomic E-state index is 0.0283. The van der Waals surface area contributed by atoms with Crippen molar-refractivity contribution >= 4 is 28.8 Å². The highest BCUT2D eigenvalue weighted by molar-refractivity contribution is 5.78. The lowest BCUT2D eigenvalue weighted by molar-refractivity contribution is -0.137. The fourth-order valence-corrected chi connectivity index (χ4v) is 2.60. The normalized spacial score (nSPS) is 13.1. The molecule has 0 aliphatic carbocycles. The predicted molar refractivity (Wildman–Crippen MR) is 114 cm³/mol. The van der Waals surface area contributed by atoms with Crippen LogP contribution in [0.1, 0.15) is 33.3 Å². The Labute approximate surface area is 176 Å². The summed E-state index contributed by atoms with van der Waals surface area (Å²) >= 11 is 0. The zero-order valence-electron chi connectivity index (χ0n) is 17.4. The second-order valence-electron chi connectivity index (χ2n) is 8.23. The monoisotopic (exact) mass is 433 g/mol. The molecule has 0 amide bonds. The maximum atomic E-state index is 12.9. The van der Waals surface area contributed by atoms with E-state index in [1.165, 1.54) is 24.4 Å². The predicted octanol–water partition coefficient (Wildman–Crippen LogP) is 4.43. The van der Waals surface area contributed by atoms with Crippen LogP contribution in [0.4, 0.5) is 42.0 Å². The molecule has 0 bridgehead atoms. The topological polar surface area (TPSA) is 96.0 Å². The molecule has 0 aliphatic rings. The van der Waals surface area contributed by atoms with Gasteiger partial charge in [-0.15, -0.1) is 0 Å². The van der Waals surface area contributed by atoms with Crippen LogP contribution in [0.25, 0.3) is 0 Å². The number of hydrogen-bond donors (Lipinski definition) is 3. The summed E-state index contributed by atoms with van der Waals surface area (Å²) in [4.78, 5) is 32.2. The van der Waals surface area contributed by atoms with Gasteiger partial charge in [0.25, 0.3) is 10.9 Å². The van der Waals surface area contributed by atoms with Gasteiger partial charge in [-0.1, -0.05) is 26.8 Å². The lowest BCUT2D eigenvalue weighted by atomic mass is 9.87. The molecule has 3 aromatic rings. The average molecular weight is 433 g/mol. The van der Waals surface area contributed by atoms with Crippen molar-refractivity contribution < 1.29 is 13.2 Å². The molecule has 10 heteroatoms. The smallest absolute Gasteiger partial charge is 0.377 e. The maximum Gasteiger partial charge on any atom is 0.416 e. The van der Waals surface area contributed by atoms with Gasteiger partial charge < -0.3 is 16.0 Å². The minimum Gasteiger partial charge on any atom is -0.377 e. The second kappa shape index (κ2) is 8.01. The van der Waals surface area contributed by atoms with Crippen molar-refractivity contribution in [2.75, 3.05) is 16.0 Å². The van der Waals surface area contributed by atoms with Crippen molar-refractivity contribution in [3.8, 4) is 0 Å². The molecule has 2 aromatic carbocycles. The van der Waals surface area contributed by atoms with E-state index in [2.05, 4.69) is 25.9 Å². The Balaban J connectivity index is 1.79. The summed E-state index contributed by atoms with van der Waals surface area (Å²) in [5, 5.41) is 8.57. The lowest BCUT2D eigenvalue weighted by Crippen LogP contribution is -2.41. The molecule has 0 spiro atoms. The van der Waals surface area contributed by atoms with Crippen molar-refractivity contribution in [3.63, 3.8) is 0 Å². The zero-order chi connectivity index (χ0) is 23.0. The molecule has 0 saturated heterocycles. The highest BCUT2D eigenvalue weighted by Gasteiger charge is 2.30. The number of halogens is 3. The molecule has 3 N–H and O–H groups in total. The highest BCUT2D eigenvalue weighted by atomic mass is 19.4. The third kappa shape index (κ3) is 5.01. The van der Waals surface area contributed by atoms with Gasteiger partial charge in [-0.3, -0.25) is 9.59 Å². The SMILES string of the molecule is CC(Nc1c(Nc2ccnc(Nc3cccc(C(F)(F)F)c3)n2)c(=O)c1=O)C(C)(C)C. The number of anilines is 5. The summed E-state index contributed by atoms with van der Waals surface area (Å²) in [6, 6.07) is 6.01. The largest absolute Gasteiger partial charge is 0.416 e. The molecule has 3 rings (SSSR count). The van der Waals surface area contributed by atoms with E-state index in [1.54, 1.807) is 0 Å². The van der Waals surface area contributed by atoms with Gasteiger partial charge in [0.15, 0.2) is 0 Å². The molecule has 0 aliphatic heterocycles. The zero-order valence-corrected chi connectivity index (χ0v) is 17.4. The van der Waals surface area contributed by atoms with Crippen LogP contribution in [0.3, 0.4) is 0 Å². The van der Waals surface area contributed by atoms with E-state index in [0.29, 0.717) is 0 Å². The van der Waals surface area contributed by atoms with Crippen LogP contribution in [0.15, 0.2) is 46.1 Å². The molecule has 164 valence electrons. The molecule has 31 heavy (non-hydrogen) atoms. The maximum absolute atomic E-state index is 12.9. The summed E-state index contributed by atoms with van der Waals surface area (Å²) in [6.07, 6.45) is -3.10. The van der Waals surface area contributed by atoms with E-state index in [1.807, 2.05) is 27.7 Å². The number of hydrogen-bond acceptors (Lipinski definition) is 7. The van der Waals surface area contributed by atoms with Crippen LogP contribution in [-0.2, 0) is 6.18 Å². The second-order valence-corrected chi connectivity index (χ2v) is 8.23. The van der Waals surface area contributed by atoms with Crippen molar-refractivity contribution in [2.45, 2.75) is 39.9 Å². The quantitative estimate of drug-likeness (QED) is 0.495. The number of benzene rings is 1. The lowest BCUT2D eigenvalue weighted by Gasteiger charge is -2.30. The minimum atomic E-state index is -4.47. The number of nitrogens with one attached hydrogen (secondary N) is 3. The Bertz CT molecular complexity index is 1160. The summed E-state index contributed by atoms with van der Waals surface area (Å²) in [6.45, 7) is 7.90. The van der Waals surface area contributed by atoms with E-state index in [-0.39, 0.29) is 40.3 Å². The summed E-state index contributed by atoms with van der Waals surface area (Å²) in [5.74, 6) is 0.239. The van der Waals surface area contributed by atoms with E-state index < -0.39 is 22.6 Å². The van der Waals surface area contributed by atoms with Gasteiger partial charge in [0.1, 0.15) is 17.2 Å². The molecule has 1 unspecified atom stereocenters. The number of alkyl halides is 3. The summed E-state index contributed by atoms with van der Waals surface area (Å²) < 4.78 is 38.7. The van der Waals surface area contributed by atoms with Crippen LogP contribution < -0.4 is 26.8 Å². The standard InChI is InChI=1S/C21H22F3N5O2/c1-11(20(2,3)4)26-15-16(18(31)17(15)30)28-14-8-9-25-19(29-14)27-13-7-5-6-12(10-13)21(22,23)24/h5-11,26H,1-4H3,(H2,25,27,28,29). The van der Waals surface area contributed by atoms with Gasteiger partial charge in [0, 0.05) is 17.9 Å². The first-order valence-electron chi connectivity index (χ1n) is 9.50. The van der Waals surface area contributed by atoms with Gasteiger partial charge >= 0.3 is 6.18 Å². The van der Waals surface area contributed by atoms with E-state index in [0.717, 1.165) is 12.1 Å². The van der Waals surface area contributed by atoms with Crippen molar-refractivity contribution in [3.05, 3.63) is 62.5 Å². The molecular weight excluding hydrogens is 411 g/mol. The Morgan fingerprint density at radius 3 is 2.29 bits per heavy atom. The third-order valence-electron chi connectivity index (χ3n) is 4.92. The van der Waals surface area contributed by atoms with Crippen LogP contribution in [0.5, 0.6) is 0 Å². The van der Waals surface area contributed by atoms with Gasteiger partial charge in [0.2, 0.25) is 5.95 Å². The van der Waals surface area contributed by atoms with E-state index in [9.17, 15) is 22.8 Å². The Morgan fingerprint density at radius 2 is 1.65 bits per heavy atom. The van der Waals surface area contributed by atoms with Crippen molar-refractivity contribution in [1.29, 1.82) is 0 Å². The van der Waals surface area contributed by atoms with E-state index in [4.69, 9.17) is 0 Å². The third-order valence-corrected chi connectivity index (χ3v) is 4.92. The molecule has 1 atom stereocenters. The van der Waals surface area contributed by atoms with Gasteiger partial charge in [-0.2, -0.15) is 18.2 Å². The Morgan fingerprint density at radius 1 is 0.968 bits per heavy atom. The van der Waals surface area contributed by atoms with Crippen LogP contribution in [0, 0.1) is 5.41 Å². The number of rotatable bonds is 6. The first-order chi connectivity index (χ1) is 14.4. The molecule has 1 heterocycles. The van der Waals surface area contributed by atoms with Crippen LogP contribution >= 0.6 is 0 Å². The highest BCUT2D eigenvalue weighted by Crippen LogP contribution is 2.31. The molecular formula is C21H22F3N5O2. The number of aromatic nitrogens is 2. The summed E-state index contributed by atoms with van der Waals surface area (Å²) in [5.41, 5.74) is -1.82. The molecule has 0 fully saturated rings. The Hall–Kier alpha value is -3.43. The van der Waals surface area contributed by atoms with Gasteiger partial charge in [-0.05, 0) is 36.6 Å². The van der Waals surface area contributed by atoms with Crippen LogP contribution in [-0.4, -0.2) is 16.0 Å². The fourth-order valence-electron chi connectivity index (χ4n) is 2.60. The van der Waals surface area contributed by atoms with Gasteiger partial charge in [0.05, 0.1) is 5.56 Å². The average Bonchev–Trinajstić information content (AvgIpc) is 2.69. The molecule has 0 saturated carbocycles. The van der Waals surface area contributed by atoms with Crippen LogP contribution in [0.2, 0.25) is 0 Å². The molecule has 1 aromatic heterocycles. The fraction of sp³-hybridized carbons (Fsp3) is 0.333. The first kappa shape index (κ1) is 22.3. The van der Waals surface area contributed by atoms with Crippen molar-refractivity contribution in [2.24, 2.45) is 5.41 Å². The summed E-state index contributed by atoms with van der Waals surface area (Å²) in [7, 11) is 0. The Kier molecular flexibility index (Phi) is 5.75. The first-order valence-corrected chi connectivity index (χ1v) is 9.50. The van der Waals surface area contributed by atoms with Crippen molar-refractivity contribution in [1.82, 2.24) is 9.97 Å². The molecule has 0 radical (unpaired) electrons. The van der Waals surface area contributed by atoms with E-state index >= 15 is 0 Å². The number of nitrogens with zero attached hydrogens (tertiary/aromatic N) is 2. The molecule has 7 nitrogen and oxygen atoms in total.